The topological polar surface area (TPSA) is 24.7 Å². The van der Waals surface area contributed by atoms with Gasteiger partial charge in [-0.25, -0.2) is 0 Å². The highest BCUT2D eigenvalue weighted by molar-refractivity contribution is 5.32. The van der Waals surface area contributed by atoms with Crippen molar-refractivity contribution in [3.05, 3.63) is 35.4 Å². The van der Waals surface area contributed by atoms with Gasteiger partial charge in [-0.1, -0.05) is 45.0 Å². The third-order valence-electron chi connectivity index (χ3n) is 3.22. The first-order chi connectivity index (χ1) is 8.64. The van der Waals surface area contributed by atoms with Crippen molar-refractivity contribution in [1.82, 2.24) is 0 Å². The summed E-state index contributed by atoms with van der Waals surface area (Å²) in [7, 11) is 0. The second-order valence-corrected chi connectivity index (χ2v) is 6.13. The smallest absolute Gasteiger partial charge is 0.166 e. The molecule has 0 saturated heterocycles. The standard InChI is InChI=1S/C14H17F3N2/c1-12(2,3)9-8-10-4-6-11(7-5-10)13(18-19-13)14(15,16)17/h4-7H,8-9H2,1-3H3. The Kier molecular flexibility index (Phi) is 3.19. The lowest BCUT2D eigenvalue weighted by molar-refractivity contribution is -0.166. The Hall–Kier alpha value is -1.39. The Bertz CT molecular complexity index is 475. The summed E-state index contributed by atoms with van der Waals surface area (Å²) in [5.41, 5.74) is -0.945. The summed E-state index contributed by atoms with van der Waals surface area (Å²) in [6.07, 6.45) is -2.59. The molecule has 0 bridgehead atoms. The van der Waals surface area contributed by atoms with Gasteiger partial charge in [0, 0.05) is 5.56 Å². The van der Waals surface area contributed by atoms with Crippen LogP contribution in [-0.4, -0.2) is 6.18 Å². The van der Waals surface area contributed by atoms with E-state index in [9.17, 15) is 13.2 Å². The van der Waals surface area contributed by atoms with Crippen molar-refractivity contribution in [3.63, 3.8) is 0 Å². The molecule has 1 aliphatic rings. The van der Waals surface area contributed by atoms with Gasteiger partial charge in [0.1, 0.15) is 0 Å². The molecule has 2 nitrogen and oxygen atoms in total. The average molecular weight is 270 g/mol. The van der Waals surface area contributed by atoms with Crippen molar-refractivity contribution in [1.29, 1.82) is 0 Å². The quantitative estimate of drug-likeness (QED) is 0.750. The second-order valence-electron chi connectivity index (χ2n) is 6.13. The molecule has 0 fully saturated rings. The third-order valence-corrected chi connectivity index (χ3v) is 3.22. The Balaban J connectivity index is 2.08. The number of alkyl halides is 3. The predicted molar refractivity (Wildman–Crippen MR) is 66.8 cm³/mol. The maximum atomic E-state index is 12.8. The van der Waals surface area contributed by atoms with Crippen LogP contribution in [0.2, 0.25) is 0 Å². The molecule has 1 aromatic rings. The predicted octanol–water partition coefficient (Wildman–Crippen LogP) is 4.85. The number of halogens is 3. The Morgan fingerprint density at radius 3 is 1.89 bits per heavy atom. The van der Waals surface area contributed by atoms with Crippen LogP contribution in [0, 0.1) is 5.41 Å². The van der Waals surface area contributed by atoms with E-state index >= 15 is 0 Å². The molecule has 1 aromatic carbocycles. The molecule has 5 heteroatoms. The number of rotatable bonds is 3. The fourth-order valence-electron chi connectivity index (χ4n) is 1.87. The van der Waals surface area contributed by atoms with E-state index < -0.39 is 11.8 Å². The van der Waals surface area contributed by atoms with Crippen molar-refractivity contribution in [2.75, 3.05) is 0 Å². The van der Waals surface area contributed by atoms with Crippen LogP contribution < -0.4 is 0 Å². The minimum absolute atomic E-state index is 0.0968. The zero-order valence-corrected chi connectivity index (χ0v) is 11.3. The molecule has 0 N–H and O–H groups in total. The van der Waals surface area contributed by atoms with E-state index in [1.54, 1.807) is 12.1 Å². The van der Waals surface area contributed by atoms with E-state index in [1.165, 1.54) is 12.1 Å². The van der Waals surface area contributed by atoms with Crippen LogP contribution in [0.1, 0.15) is 38.3 Å². The first-order valence-corrected chi connectivity index (χ1v) is 6.24. The molecular weight excluding hydrogens is 253 g/mol. The molecule has 0 atom stereocenters. The van der Waals surface area contributed by atoms with Crippen LogP contribution >= 0.6 is 0 Å². The normalized spacial score (nSPS) is 17.6. The third kappa shape index (κ3) is 2.96. The zero-order chi connectivity index (χ0) is 14.3. The molecule has 104 valence electrons. The van der Waals surface area contributed by atoms with Gasteiger partial charge in [-0.2, -0.15) is 13.2 Å². The van der Waals surface area contributed by atoms with Gasteiger partial charge < -0.3 is 0 Å². The highest BCUT2D eigenvalue weighted by Crippen LogP contribution is 2.52. The second kappa shape index (κ2) is 4.32. The van der Waals surface area contributed by atoms with E-state index in [2.05, 4.69) is 31.0 Å². The Morgan fingerprint density at radius 1 is 1.00 bits per heavy atom. The number of hydrogen-bond donors (Lipinski definition) is 0. The lowest BCUT2D eigenvalue weighted by atomic mass is 9.88. The summed E-state index contributed by atoms with van der Waals surface area (Å²) in [5, 5.41) is 6.38. The monoisotopic (exact) mass is 270 g/mol. The van der Waals surface area contributed by atoms with Crippen LogP contribution in [-0.2, 0) is 12.1 Å². The summed E-state index contributed by atoms with van der Waals surface area (Å²) in [6, 6.07) is 6.42. The van der Waals surface area contributed by atoms with Crippen molar-refractivity contribution >= 4 is 0 Å². The molecule has 0 aliphatic carbocycles. The zero-order valence-electron chi connectivity index (χ0n) is 11.3. The van der Waals surface area contributed by atoms with E-state index in [-0.39, 0.29) is 11.0 Å². The van der Waals surface area contributed by atoms with Crippen LogP contribution in [0.3, 0.4) is 0 Å². The van der Waals surface area contributed by atoms with Crippen LogP contribution in [0.5, 0.6) is 0 Å². The molecule has 1 aliphatic heterocycles. The number of benzene rings is 1. The first kappa shape index (κ1) is 14.0. The van der Waals surface area contributed by atoms with E-state index in [0.717, 1.165) is 18.4 Å². The fraction of sp³-hybridized carbons (Fsp3) is 0.571. The minimum Gasteiger partial charge on any atom is -0.166 e. The molecule has 0 saturated carbocycles. The molecule has 0 spiro atoms. The van der Waals surface area contributed by atoms with Crippen molar-refractivity contribution < 1.29 is 13.2 Å². The summed E-state index contributed by atoms with van der Waals surface area (Å²) in [5.74, 6) is 0. The largest absolute Gasteiger partial charge is 0.442 e. The van der Waals surface area contributed by atoms with Crippen molar-refractivity contribution in [3.8, 4) is 0 Å². The molecule has 2 rings (SSSR count). The SMILES string of the molecule is CC(C)(C)CCc1ccc(C2(C(F)(F)F)N=N2)cc1. The summed E-state index contributed by atoms with van der Waals surface area (Å²) < 4.78 is 38.4. The van der Waals surface area contributed by atoms with Gasteiger partial charge in [0.2, 0.25) is 0 Å². The van der Waals surface area contributed by atoms with E-state index in [1.807, 2.05) is 0 Å². The highest BCUT2D eigenvalue weighted by atomic mass is 19.4. The van der Waals surface area contributed by atoms with Gasteiger partial charge in [-0.3, -0.25) is 0 Å². The number of hydrogen-bond acceptors (Lipinski definition) is 2. The Labute approximate surface area is 110 Å². The molecular formula is C14H17F3N2. The van der Waals surface area contributed by atoms with Crippen LogP contribution in [0.15, 0.2) is 34.5 Å². The van der Waals surface area contributed by atoms with Gasteiger partial charge >= 0.3 is 11.8 Å². The lowest BCUT2D eigenvalue weighted by Gasteiger charge is -2.18. The average Bonchev–Trinajstić information content (AvgIpc) is 3.06. The van der Waals surface area contributed by atoms with Gasteiger partial charge in [0.15, 0.2) is 0 Å². The van der Waals surface area contributed by atoms with Gasteiger partial charge in [-0.15, -0.1) is 10.2 Å². The van der Waals surface area contributed by atoms with Crippen LogP contribution in [0.25, 0.3) is 0 Å². The lowest BCUT2D eigenvalue weighted by Crippen LogP contribution is -2.30. The summed E-state index contributed by atoms with van der Waals surface area (Å²) in [6.45, 7) is 6.42. The van der Waals surface area contributed by atoms with E-state index in [0.29, 0.717) is 0 Å². The maximum absolute atomic E-state index is 12.8. The van der Waals surface area contributed by atoms with Gasteiger partial charge in [0.25, 0.3) is 0 Å². The fourth-order valence-corrected chi connectivity index (χ4v) is 1.87. The minimum atomic E-state index is -4.44. The summed E-state index contributed by atoms with van der Waals surface area (Å²) in [4.78, 5) is 0. The molecule has 0 radical (unpaired) electrons. The molecule has 0 amide bonds. The van der Waals surface area contributed by atoms with E-state index in [4.69, 9.17) is 0 Å². The van der Waals surface area contributed by atoms with Gasteiger partial charge in [0.05, 0.1) is 0 Å². The highest BCUT2D eigenvalue weighted by Gasteiger charge is 2.65. The van der Waals surface area contributed by atoms with Crippen molar-refractivity contribution in [2.24, 2.45) is 15.6 Å². The maximum Gasteiger partial charge on any atom is 0.442 e. The first-order valence-electron chi connectivity index (χ1n) is 6.24. The Morgan fingerprint density at radius 2 is 1.53 bits per heavy atom. The molecule has 0 unspecified atom stereocenters. The summed E-state index contributed by atoms with van der Waals surface area (Å²) >= 11 is 0. The molecule has 0 aromatic heterocycles. The van der Waals surface area contributed by atoms with Crippen LogP contribution in [0.4, 0.5) is 13.2 Å². The van der Waals surface area contributed by atoms with Gasteiger partial charge in [-0.05, 0) is 23.8 Å². The number of aryl methyl sites for hydroxylation is 1. The molecule has 19 heavy (non-hydrogen) atoms. The molecule has 1 heterocycles. The number of nitrogens with zero attached hydrogens (tertiary/aromatic N) is 2. The van der Waals surface area contributed by atoms with Crippen molar-refractivity contribution in [2.45, 2.75) is 45.5 Å².